The van der Waals surface area contributed by atoms with Gasteiger partial charge in [-0.05, 0) is 35.6 Å². The van der Waals surface area contributed by atoms with Crippen LogP contribution in [0.5, 0.6) is 11.6 Å². The molecule has 0 N–H and O–H groups in total. The van der Waals surface area contributed by atoms with Gasteiger partial charge in [-0.25, -0.2) is 4.98 Å². The van der Waals surface area contributed by atoms with Crippen molar-refractivity contribution in [1.29, 1.82) is 0 Å². The van der Waals surface area contributed by atoms with Gasteiger partial charge in [0, 0.05) is 16.7 Å². The maximum Gasteiger partial charge on any atom is 0.213 e. The Morgan fingerprint density at radius 2 is 2.15 bits per heavy atom. The van der Waals surface area contributed by atoms with E-state index in [1.54, 1.807) is 13.3 Å². The molecule has 104 valence electrons. The topological polar surface area (TPSA) is 31.4 Å². The number of nitrogens with zero attached hydrogens (tertiary/aromatic N) is 1. The molecule has 20 heavy (non-hydrogen) atoms. The highest BCUT2D eigenvalue weighted by Crippen LogP contribution is 2.38. The van der Waals surface area contributed by atoms with Crippen molar-refractivity contribution in [2.24, 2.45) is 5.92 Å². The average molecular weight is 290 g/mol. The van der Waals surface area contributed by atoms with Crippen LogP contribution in [0.4, 0.5) is 0 Å². The molecule has 1 unspecified atom stereocenters. The van der Waals surface area contributed by atoms with E-state index in [1.807, 2.05) is 18.2 Å². The molecule has 1 aromatic heterocycles. The van der Waals surface area contributed by atoms with Gasteiger partial charge in [0.15, 0.2) is 0 Å². The van der Waals surface area contributed by atoms with Gasteiger partial charge >= 0.3 is 0 Å². The summed E-state index contributed by atoms with van der Waals surface area (Å²) in [6.45, 7) is 2.86. The molecule has 0 aliphatic carbocycles. The molecular weight excluding hydrogens is 274 g/mol. The van der Waals surface area contributed by atoms with Crippen molar-refractivity contribution in [3.63, 3.8) is 0 Å². The van der Waals surface area contributed by atoms with Crippen molar-refractivity contribution in [3.8, 4) is 22.8 Å². The number of fused-ring (bicyclic) bond motifs is 3. The van der Waals surface area contributed by atoms with Crippen molar-refractivity contribution in [3.05, 3.63) is 41.0 Å². The number of hydrogen-bond donors (Lipinski definition) is 0. The van der Waals surface area contributed by atoms with Gasteiger partial charge in [0.1, 0.15) is 5.75 Å². The zero-order valence-electron chi connectivity index (χ0n) is 11.5. The summed E-state index contributed by atoms with van der Waals surface area (Å²) in [7, 11) is 1.61. The first-order valence-electron chi connectivity index (χ1n) is 6.63. The first kappa shape index (κ1) is 13.3. The number of ether oxygens (including phenoxy) is 2. The number of rotatable bonds is 1. The molecule has 0 amide bonds. The molecule has 4 heteroatoms. The van der Waals surface area contributed by atoms with E-state index in [1.165, 1.54) is 5.56 Å². The lowest BCUT2D eigenvalue weighted by Gasteiger charge is -2.22. The predicted molar refractivity (Wildman–Crippen MR) is 79.6 cm³/mol. The number of methoxy groups -OCH3 is 1. The number of aromatic nitrogens is 1. The third-order valence-electron chi connectivity index (χ3n) is 3.51. The van der Waals surface area contributed by atoms with Gasteiger partial charge in [-0.3, -0.25) is 0 Å². The summed E-state index contributed by atoms with van der Waals surface area (Å²) in [5.41, 5.74) is 3.36. The Morgan fingerprint density at radius 3 is 2.95 bits per heavy atom. The molecule has 2 aromatic rings. The Balaban J connectivity index is 2.22. The molecule has 1 atom stereocenters. The minimum atomic E-state index is 0.449. The summed E-state index contributed by atoms with van der Waals surface area (Å²) in [6.07, 6.45) is 2.69. The Hall–Kier alpha value is -1.74. The molecule has 0 radical (unpaired) electrons. The lowest BCUT2D eigenvalue weighted by Crippen LogP contribution is -2.15. The van der Waals surface area contributed by atoms with E-state index in [4.69, 9.17) is 21.1 Å². The van der Waals surface area contributed by atoms with Gasteiger partial charge in [0.2, 0.25) is 5.88 Å². The van der Waals surface area contributed by atoms with Gasteiger partial charge in [0.05, 0.1) is 19.9 Å². The summed E-state index contributed by atoms with van der Waals surface area (Å²) in [5, 5.41) is 0.721. The van der Waals surface area contributed by atoms with Gasteiger partial charge < -0.3 is 9.47 Å². The van der Waals surface area contributed by atoms with Gasteiger partial charge in [-0.1, -0.05) is 24.6 Å². The van der Waals surface area contributed by atoms with E-state index in [0.29, 0.717) is 18.4 Å². The van der Waals surface area contributed by atoms with E-state index in [2.05, 4.69) is 18.0 Å². The van der Waals surface area contributed by atoms with Crippen LogP contribution in [0.3, 0.4) is 0 Å². The Bertz CT molecular complexity index is 642. The number of pyridine rings is 1. The highest BCUT2D eigenvalue weighted by atomic mass is 35.5. The molecule has 3 rings (SSSR count). The summed E-state index contributed by atoms with van der Waals surface area (Å²) >= 11 is 6.16. The second-order valence-corrected chi connectivity index (χ2v) is 5.58. The minimum absolute atomic E-state index is 0.449. The van der Waals surface area contributed by atoms with Crippen LogP contribution >= 0.6 is 11.6 Å². The van der Waals surface area contributed by atoms with Crippen LogP contribution in [-0.4, -0.2) is 18.7 Å². The SMILES string of the molecule is COc1cc2c(cn1)OCC(C)Cc1ccc(Cl)cc1-2. The highest BCUT2D eigenvalue weighted by molar-refractivity contribution is 6.30. The van der Waals surface area contributed by atoms with Gasteiger partial charge in [-0.15, -0.1) is 0 Å². The maximum atomic E-state index is 6.16. The van der Waals surface area contributed by atoms with Gasteiger partial charge in [0.25, 0.3) is 0 Å². The molecule has 0 saturated carbocycles. The Kier molecular flexibility index (Phi) is 3.53. The summed E-state index contributed by atoms with van der Waals surface area (Å²) in [5.74, 6) is 1.80. The molecule has 3 nitrogen and oxygen atoms in total. The maximum absolute atomic E-state index is 6.16. The largest absolute Gasteiger partial charge is 0.491 e. The second kappa shape index (κ2) is 5.33. The fourth-order valence-corrected chi connectivity index (χ4v) is 2.68. The lowest BCUT2D eigenvalue weighted by atomic mass is 9.92. The first-order valence-corrected chi connectivity index (χ1v) is 7.01. The van der Waals surface area contributed by atoms with Crippen molar-refractivity contribution >= 4 is 11.6 Å². The van der Waals surface area contributed by atoms with Crippen LogP contribution in [0.2, 0.25) is 5.02 Å². The van der Waals surface area contributed by atoms with Crippen LogP contribution in [0, 0.1) is 5.92 Å². The third kappa shape index (κ3) is 2.46. The quantitative estimate of drug-likeness (QED) is 0.796. The zero-order valence-corrected chi connectivity index (χ0v) is 12.3. The molecule has 0 saturated heterocycles. The number of hydrogen-bond acceptors (Lipinski definition) is 3. The van der Waals surface area contributed by atoms with E-state index in [0.717, 1.165) is 28.3 Å². The van der Waals surface area contributed by atoms with Crippen LogP contribution < -0.4 is 9.47 Å². The monoisotopic (exact) mass is 289 g/mol. The van der Waals surface area contributed by atoms with Crippen LogP contribution in [0.15, 0.2) is 30.5 Å². The van der Waals surface area contributed by atoms with Gasteiger partial charge in [-0.2, -0.15) is 0 Å². The predicted octanol–water partition coefficient (Wildman–Crippen LogP) is 3.98. The number of halogens is 1. The molecule has 1 aliphatic heterocycles. The van der Waals surface area contributed by atoms with E-state index in [-0.39, 0.29) is 0 Å². The molecule has 1 aliphatic rings. The highest BCUT2D eigenvalue weighted by Gasteiger charge is 2.19. The smallest absolute Gasteiger partial charge is 0.213 e. The van der Waals surface area contributed by atoms with Crippen LogP contribution in [0.1, 0.15) is 12.5 Å². The zero-order chi connectivity index (χ0) is 14.1. The van der Waals surface area contributed by atoms with Crippen molar-refractivity contribution in [2.45, 2.75) is 13.3 Å². The average Bonchev–Trinajstić information content (AvgIpc) is 2.45. The second-order valence-electron chi connectivity index (χ2n) is 5.14. The summed E-state index contributed by atoms with van der Waals surface area (Å²) in [6, 6.07) is 7.92. The number of benzene rings is 1. The van der Waals surface area contributed by atoms with Crippen molar-refractivity contribution < 1.29 is 9.47 Å². The molecule has 2 heterocycles. The fraction of sp³-hybridized carbons (Fsp3) is 0.312. The fourth-order valence-electron chi connectivity index (χ4n) is 2.50. The van der Waals surface area contributed by atoms with E-state index in [9.17, 15) is 0 Å². The lowest BCUT2D eigenvalue weighted by molar-refractivity contribution is 0.257. The molecular formula is C16H16ClNO2. The molecule has 1 aromatic carbocycles. The normalized spacial score (nSPS) is 17.2. The van der Waals surface area contributed by atoms with Crippen molar-refractivity contribution in [2.75, 3.05) is 13.7 Å². The summed E-state index contributed by atoms with van der Waals surface area (Å²) < 4.78 is 11.1. The van der Waals surface area contributed by atoms with Crippen molar-refractivity contribution in [1.82, 2.24) is 4.98 Å². The van der Waals surface area contributed by atoms with E-state index >= 15 is 0 Å². The Labute approximate surface area is 123 Å². The standard InChI is InChI=1S/C16H16ClNO2/c1-10-5-11-3-4-12(17)6-13(11)14-7-16(19-2)18-8-15(14)20-9-10/h3-4,6-8,10H,5,9H2,1-2H3. The van der Waals surface area contributed by atoms with E-state index < -0.39 is 0 Å². The third-order valence-corrected chi connectivity index (χ3v) is 3.74. The molecule has 0 bridgehead atoms. The Morgan fingerprint density at radius 1 is 1.30 bits per heavy atom. The summed E-state index contributed by atoms with van der Waals surface area (Å²) in [4.78, 5) is 4.22. The molecule has 0 spiro atoms. The molecule has 0 fully saturated rings. The van der Waals surface area contributed by atoms with Crippen LogP contribution in [0.25, 0.3) is 11.1 Å². The minimum Gasteiger partial charge on any atom is -0.491 e. The first-order chi connectivity index (χ1) is 9.67. The van der Waals surface area contributed by atoms with Crippen LogP contribution in [-0.2, 0) is 6.42 Å².